The molecule has 1 aromatic heterocycles. The van der Waals surface area contributed by atoms with Crippen molar-refractivity contribution in [3.8, 4) is 0 Å². The average Bonchev–Trinajstić information content (AvgIpc) is 3.18. The van der Waals surface area contributed by atoms with Crippen LogP contribution in [0.2, 0.25) is 0 Å². The second-order valence-electron chi connectivity index (χ2n) is 5.77. The molecule has 1 atom stereocenters. The first-order valence-electron chi connectivity index (χ1n) is 7.64. The summed E-state index contributed by atoms with van der Waals surface area (Å²) in [6, 6.07) is 13.4. The normalized spacial score (nSPS) is 19.6. The van der Waals surface area contributed by atoms with Gasteiger partial charge in [-0.1, -0.05) is 36.4 Å². The van der Waals surface area contributed by atoms with E-state index in [2.05, 4.69) is 0 Å². The van der Waals surface area contributed by atoms with Gasteiger partial charge < -0.3 is 4.90 Å². The summed E-state index contributed by atoms with van der Waals surface area (Å²) in [6.45, 7) is 0.543. The largest absolute Gasteiger partial charge is 0.334 e. The Morgan fingerprint density at radius 2 is 1.96 bits per heavy atom. The predicted molar refractivity (Wildman–Crippen MR) is 92.6 cm³/mol. The van der Waals surface area contributed by atoms with Crippen molar-refractivity contribution in [3.63, 3.8) is 0 Å². The van der Waals surface area contributed by atoms with Crippen LogP contribution in [0.5, 0.6) is 0 Å². The lowest BCUT2D eigenvalue weighted by atomic mass is 10.1. The smallest absolute Gasteiger partial charge is 0.264 e. The topological polar surface area (TPSA) is 54.5 Å². The molecule has 1 saturated heterocycles. The van der Waals surface area contributed by atoms with Gasteiger partial charge in [-0.2, -0.15) is 0 Å². The zero-order valence-corrected chi connectivity index (χ0v) is 14.4. The molecular formula is C17H19NO3S2. The van der Waals surface area contributed by atoms with Gasteiger partial charge in [-0.05, 0) is 29.9 Å². The first-order chi connectivity index (χ1) is 11.1. The quantitative estimate of drug-likeness (QED) is 0.834. The molecule has 4 nitrogen and oxygen atoms in total. The zero-order chi connectivity index (χ0) is 16.3. The molecule has 1 fully saturated rings. The molecule has 0 aliphatic carbocycles. The van der Waals surface area contributed by atoms with Crippen LogP contribution in [0, 0.1) is 0 Å². The highest BCUT2D eigenvalue weighted by Gasteiger charge is 2.35. The number of carbonyl (C=O) groups excluding carboxylic acids is 1. The maximum Gasteiger partial charge on any atom is 0.264 e. The molecule has 0 radical (unpaired) electrons. The van der Waals surface area contributed by atoms with Gasteiger partial charge in [0.05, 0.1) is 16.4 Å². The number of benzene rings is 1. The van der Waals surface area contributed by atoms with Gasteiger partial charge in [-0.15, -0.1) is 11.3 Å². The van der Waals surface area contributed by atoms with Crippen LogP contribution in [0.1, 0.15) is 21.7 Å². The Labute approximate surface area is 140 Å². The Morgan fingerprint density at radius 3 is 2.57 bits per heavy atom. The van der Waals surface area contributed by atoms with E-state index in [4.69, 9.17) is 0 Å². The number of carbonyl (C=O) groups is 1. The van der Waals surface area contributed by atoms with E-state index in [1.165, 1.54) is 11.3 Å². The highest BCUT2D eigenvalue weighted by molar-refractivity contribution is 7.91. The van der Waals surface area contributed by atoms with Crippen molar-refractivity contribution in [2.24, 2.45) is 0 Å². The molecule has 6 heteroatoms. The Balaban J connectivity index is 1.77. The number of thiophene rings is 1. The van der Waals surface area contributed by atoms with Crippen LogP contribution >= 0.6 is 11.3 Å². The highest BCUT2D eigenvalue weighted by Crippen LogP contribution is 2.22. The second-order valence-corrected chi connectivity index (χ2v) is 8.94. The number of sulfone groups is 1. The van der Waals surface area contributed by atoms with Crippen molar-refractivity contribution in [3.05, 3.63) is 58.3 Å². The third-order valence-electron chi connectivity index (χ3n) is 4.13. The predicted octanol–water partition coefficient (Wildman–Crippen LogP) is 2.62. The molecule has 0 saturated carbocycles. The summed E-state index contributed by atoms with van der Waals surface area (Å²) in [4.78, 5) is 15.2. The van der Waals surface area contributed by atoms with E-state index in [9.17, 15) is 13.2 Å². The number of hydrogen-bond donors (Lipinski definition) is 0. The number of rotatable bonds is 5. The van der Waals surface area contributed by atoms with E-state index in [0.29, 0.717) is 17.8 Å². The maximum absolute atomic E-state index is 12.8. The van der Waals surface area contributed by atoms with Crippen LogP contribution in [-0.4, -0.2) is 43.3 Å². The Bertz CT molecular complexity index is 754. The monoisotopic (exact) mass is 349 g/mol. The van der Waals surface area contributed by atoms with E-state index >= 15 is 0 Å². The first kappa shape index (κ1) is 16.2. The molecule has 23 heavy (non-hydrogen) atoms. The fraction of sp³-hybridized carbons (Fsp3) is 0.353. The van der Waals surface area contributed by atoms with Gasteiger partial charge in [0.2, 0.25) is 0 Å². The molecular weight excluding hydrogens is 330 g/mol. The number of hydrogen-bond acceptors (Lipinski definition) is 4. The molecule has 122 valence electrons. The van der Waals surface area contributed by atoms with Crippen molar-refractivity contribution in [2.45, 2.75) is 18.9 Å². The minimum absolute atomic E-state index is 0.0574. The molecule has 2 aromatic rings. The Morgan fingerprint density at radius 1 is 1.17 bits per heavy atom. The summed E-state index contributed by atoms with van der Waals surface area (Å²) in [5.74, 6) is 0.203. The fourth-order valence-corrected chi connectivity index (χ4v) is 5.32. The summed E-state index contributed by atoms with van der Waals surface area (Å²) in [7, 11) is -3.02. The molecule has 1 aliphatic heterocycles. The highest BCUT2D eigenvalue weighted by atomic mass is 32.2. The molecule has 1 aliphatic rings. The van der Waals surface area contributed by atoms with Crippen molar-refractivity contribution >= 4 is 27.1 Å². The molecule has 0 unspecified atom stereocenters. The van der Waals surface area contributed by atoms with E-state index in [0.717, 1.165) is 12.0 Å². The standard InChI is InChI=1S/C17H19NO3S2/c19-17(16-7-4-11-22-16)18(15-9-12-23(20,21)13-15)10-8-14-5-2-1-3-6-14/h1-7,11,15H,8-10,12-13H2/t15-/m1/s1. The van der Waals surface area contributed by atoms with Crippen LogP contribution in [0.3, 0.4) is 0 Å². The molecule has 1 amide bonds. The summed E-state index contributed by atoms with van der Waals surface area (Å²) in [5, 5.41) is 1.87. The second kappa shape index (κ2) is 6.84. The van der Waals surface area contributed by atoms with Crippen LogP contribution in [0.15, 0.2) is 47.8 Å². The first-order valence-corrected chi connectivity index (χ1v) is 10.3. The van der Waals surface area contributed by atoms with E-state index < -0.39 is 9.84 Å². The minimum Gasteiger partial charge on any atom is -0.334 e. The van der Waals surface area contributed by atoms with E-state index in [1.54, 1.807) is 11.0 Å². The molecule has 0 N–H and O–H groups in total. The number of nitrogens with zero attached hydrogens (tertiary/aromatic N) is 1. The van der Waals surface area contributed by atoms with Crippen molar-refractivity contribution in [1.82, 2.24) is 4.90 Å². The SMILES string of the molecule is O=C(c1cccs1)N(CCc1ccccc1)[C@@H]1CCS(=O)(=O)C1. The summed E-state index contributed by atoms with van der Waals surface area (Å²) in [5.41, 5.74) is 1.15. The van der Waals surface area contributed by atoms with Gasteiger partial charge in [0, 0.05) is 12.6 Å². The van der Waals surface area contributed by atoms with Crippen molar-refractivity contribution in [2.75, 3.05) is 18.1 Å². The maximum atomic E-state index is 12.8. The van der Waals surface area contributed by atoms with Gasteiger partial charge in [-0.3, -0.25) is 4.79 Å². The van der Waals surface area contributed by atoms with Crippen molar-refractivity contribution in [1.29, 1.82) is 0 Å². The van der Waals surface area contributed by atoms with Crippen LogP contribution in [0.4, 0.5) is 0 Å². The lowest BCUT2D eigenvalue weighted by Crippen LogP contribution is -2.42. The Kier molecular flexibility index (Phi) is 4.82. The van der Waals surface area contributed by atoms with Gasteiger partial charge >= 0.3 is 0 Å². The third kappa shape index (κ3) is 4.00. The zero-order valence-electron chi connectivity index (χ0n) is 12.7. The lowest BCUT2D eigenvalue weighted by molar-refractivity contribution is 0.0704. The molecule has 0 bridgehead atoms. The third-order valence-corrected chi connectivity index (χ3v) is 6.73. The Hall–Kier alpha value is -1.66. The average molecular weight is 349 g/mol. The van der Waals surface area contributed by atoms with E-state index in [-0.39, 0.29) is 23.5 Å². The molecule has 3 rings (SSSR count). The van der Waals surface area contributed by atoms with Gasteiger partial charge in [0.15, 0.2) is 9.84 Å². The summed E-state index contributed by atoms with van der Waals surface area (Å²) < 4.78 is 23.6. The van der Waals surface area contributed by atoms with Crippen LogP contribution in [-0.2, 0) is 16.3 Å². The fourth-order valence-electron chi connectivity index (χ4n) is 2.91. The van der Waals surface area contributed by atoms with E-state index in [1.807, 2.05) is 41.8 Å². The van der Waals surface area contributed by atoms with Crippen molar-refractivity contribution < 1.29 is 13.2 Å². The summed E-state index contributed by atoms with van der Waals surface area (Å²) >= 11 is 1.40. The minimum atomic E-state index is -3.02. The van der Waals surface area contributed by atoms with Crippen LogP contribution in [0.25, 0.3) is 0 Å². The summed E-state index contributed by atoms with van der Waals surface area (Å²) in [6.07, 6.45) is 1.27. The van der Waals surface area contributed by atoms with Gasteiger partial charge in [0.25, 0.3) is 5.91 Å². The van der Waals surface area contributed by atoms with Crippen LogP contribution < -0.4 is 0 Å². The van der Waals surface area contributed by atoms with Gasteiger partial charge in [-0.25, -0.2) is 8.42 Å². The molecule has 1 aromatic carbocycles. The number of amides is 1. The molecule has 0 spiro atoms. The van der Waals surface area contributed by atoms with Gasteiger partial charge in [0.1, 0.15) is 0 Å². The molecule has 2 heterocycles. The lowest BCUT2D eigenvalue weighted by Gasteiger charge is -2.28.